The van der Waals surface area contributed by atoms with E-state index in [0.717, 1.165) is 12.8 Å². The number of hydrogen-bond donors (Lipinski definition) is 3. The van der Waals surface area contributed by atoms with Crippen molar-refractivity contribution in [3.63, 3.8) is 0 Å². The number of amides is 3. The molecule has 0 aliphatic carbocycles. The van der Waals surface area contributed by atoms with Crippen molar-refractivity contribution in [1.82, 2.24) is 10.6 Å². The number of nitrogens with two attached hydrogens (primary N) is 1. The first-order valence-corrected chi connectivity index (χ1v) is 7.92. The average molecular weight is 315 g/mol. The Bertz CT molecular complexity index is 332. The maximum atomic E-state index is 11.5. The van der Waals surface area contributed by atoms with Crippen molar-refractivity contribution in [3.8, 4) is 0 Å². The second-order valence-corrected chi connectivity index (χ2v) is 6.35. The van der Waals surface area contributed by atoms with Crippen molar-refractivity contribution in [2.75, 3.05) is 6.54 Å². The van der Waals surface area contributed by atoms with Crippen LogP contribution in [0.3, 0.4) is 0 Å². The molecule has 0 spiro atoms. The maximum Gasteiger partial charge on any atom is 0.239 e. The normalized spacial score (nSPS) is 10.2. The molecular weight excluding hydrogens is 282 g/mol. The van der Waals surface area contributed by atoms with Gasteiger partial charge in [0.25, 0.3) is 0 Å². The molecule has 4 N–H and O–H groups in total. The van der Waals surface area contributed by atoms with Gasteiger partial charge in [-0.2, -0.15) is 0 Å². The molecule has 0 aliphatic heterocycles. The number of carbonyl (C=O) groups is 3. The van der Waals surface area contributed by atoms with Gasteiger partial charge in [0.05, 0.1) is 6.54 Å². The number of unbranched alkanes of at least 4 members (excludes halogenated alkanes) is 4. The molecular formula is C16H33N3O3. The number of hydrogen-bond acceptors (Lipinski definition) is 3. The SMILES string of the molecule is CC(N)=O.CCCCCCCC(=O)NCC(=O)NC(C)(C)C. The van der Waals surface area contributed by atoms with Gasteiger partial charge < -0.3 is 16.4 Å². The molecule has 0 rings (SSSR count). The van der Waals surface area contributed by atoms with Crippen LogP contribution in [-0.4, -0.2) is 29.8 Å². The molecule has 3 amide bonds. The van der Waals surface area contributed by atoms with Crippen molar-refractivity contribution in [1.29, 1.82) is 0 Å². The lowest BCUT2D eigenvalue weighted by molar-refractivity contribution is -0.126. The molecule has 0 aromatic carbocycles. The number of nitrogens with one attached hydrogen (secondary N) is 2. The van der Waals surface area contributed by atoms with Gasteiger partial charge in [-0.15, -0.1) is 0 Å². The van der Waals surface area contributed by atoms with Crippen LogP contribution in [-0.2, 0) is 14.4 Å². The predicted molar refractivity (Wildman–Crippen MR) is 89.1 cm³/mol. The Hall–Kier alpha value is -1.59. The largest absolute Gasteiger partial charge is 0.370 e. The fourth-order valence-electron chi connectivity index (χ4n) is 1.62. The molecule has 6 heteroatoms. The molecule has 6 nitrogen and oxygen atoms in total. The quantitative estimate of drug-likeness (QED) is 0.596. The Labute approximate surface area is 134 Å². The Morgan fingerprint density at radius 3 is 1.91 bits per heavy atom. The summed E-state index contributed by atoms with van der Waals surface area (Å²) in [7, 11) is 0. The van der Waals surface area contributed by atoms with Gasteiger partial charge in [-0.05, 0) is 27.2 Å². The van der Waals surface area contributed by atoms with Crippen molar-refractivity contribution in [2.24, 2.45) is 5.73 Å². The van der Waals surface area contributed by atoms with E-state index in [1.54, 1.807) is 0 Å². The highest BCUT2D eigenvalue weighted by Gasteiger charge is 2.13. The summed E-state index contributed by atoms with van der Waals surface area (Å²) in [5, 5.41) is 5.45. The van der Waals surface area contributed by atoms with Crippen molar-refractivity contribution >= 4 is 17.7 Å². The van der Waals surface area contributed by atoms with E-state index in [1.807, 2.05) is 20.8 Å². The summed E-state index contributed by atoms with van der Waals surface area (Å²) < 4.78 is 0. The van der Waals surface area contributed by atoms with Crippen molar-refractivity contribution < 1.29 is 14.4 Å². The summed E-state index contributed by atoms with van der Waals surface area (Å²) >= 11 is 0. The molecule has 130 valence electrons. The van der Waals surface area contributed by atoms with E-state index >= 15 is 0 Å². The van der Waals surface area contributed by atoms with Crippen LogP contribution in [0.4, 0.5) is 0 Å². The van der Waals surface area contributed by atoms with Crippen molar-refractivity contribution in [3.05, 3.63) is 0 Å². The van der Waals surface area contributed by atoms with Crippen LogP contribution in [0, 0.1) is 0 Å². The lowest BCUT2D eigenvalue weighted by atomic mass is 10.1. The monoisotopic (exact) mass is 315 g/mol. The molecule has 0 unspecified atom stereocenters. The fourth-order valence-corrected chi connectivity index (χ4v) is 1.62. The molecule has 0 aromatic heterocycles. The maximum absolute atomic E-state index is 11.5. The fraction of sp³-hybridized carbons (Fsp3) is 0.812. The van der Waals surface area contributed by atoms with Crippen LogP contribution in [0.1, 0.15) is 73.1 Å². The van der Waals surface area contributed by atoms with E-state index in [0.29, 0.717) is 6.42 Å². The highest BCUT2D eigenvalue weighted by Crippen LogP contribution is 2.04. The number of primary amides is 1. The first-order valence-electron chi connectivity index (χ1n) is 7.92. The third-order valence-electron chi connectivity index (χ3n) is 2.47. The topological polar surface area (TPSA) is 101 Å². The van der Waals surface area contributed by atoms with Crippen LogP contribution in [0.5, 0.6) is 0 Å². The van der Waals surface area contributed by atoms with Crippen LogP contribution < -0.4 is 16.4 Å². The molecule has 0 bridgehead atoms. The summed E-state index contributed by atoms with van der Waals surface area (Å²) in [6.45, 7) is 9.30. The van der Waals surface area contributed by atoms with Gasteiger partial charge >= 0.3 is 0 Å². The molecule has 0 aliphatic rings. The molecule has 0 aromatic rings. The molecule has 0 heterocycles. The third-order valence-corrected chi connectivity index (χ3v) is 2.47. The number of rotatable bonds is 8. The zero-order valence-corrected chi connectivity index (χ0v) is 14.8. The van der Waals surface area contributed by atoms with Gasteiger partial charge in [0.15, 0.2) is 0 Å². The van der Waals surface area contributed by atoms with Gasteiger partial charge in [-0.1, -0.05) is 32.6 Å². The highest BCUT2D eigenvalue weighted by molar-refractivity contribution is 5.84. The smallest absolute Gasteiger partial charge is 0.239 e. The zero-order chi connectivity index (χ0) is 17.6. The van der Waals surface area contributed by atoms with Gasteiger partial charge in [0, 0.05) is 18.9 Å². The van der Waals surface area contributed by atoms with Crippen LogP contribution in [0.2, 0.25) is 0 Å². The Kier molecular flexibility index (Phi) is 13.5. The standard InChI is InChI=1S/C14H28N2O2.C2H5NO/c1-5-6-7-8-9-10-12(17)15-11-13(18)16-14(2,3)4;1-2(3)4/h5-11H2,1-4H3,(H,15,17)(H,16,18);1H3,(H2,3,4). The summed E-state index contributed by atoms with van der Waals surface area (Å²) in [5.74, 6) is -0.502. The summed E-state index contributed by atoms with van der Waals surface area (Å²) in [5.41, 5.74) is 4.22. The molecule has 0 fully saturated rings. The lowest BCUT2D eigenvalue weighted by Gasteiger charge is -2.20. The molecule has 22 heavy (non-hydrogen) atoms. The third kappa shape index (κ3) is 23.5. The summed E-state index contributed by atoms with van der Waals surface area (Å²) in [4.78, 5) is 32.1. The van der Waals surface area contributed by atoms with Crippen LogP contribution in [0.15, 0.2) is 0 Å². The van der Waals surface area contributed by atoms with E-state index in [1.165, 1.54) is 26.2 Å². The second-order valence-electron chi connectivity index (χ2n) is 6.35. The second kappa shape index (κ2) is 13.1. The predicted octanol–water partition coefficient (Wildman–Crippen LogP) is 1.87. The molecule has 0 saturated heterocycles. The Balaban J connectivity index is 0. The van der Waals surface area contributed by atoms with E-state index in [-0.39, 0.29) is 29.8 Å². The van der Waals surface area contributed by atoms with E-state index in [2.05, 4.69) is 23.3 Å². The summed E-state index contributed by atoms with van der Waals surface area (Å²) in [6, 6.07) is 0. The minimum atomic E-state index is -0.333. The van der Waals surface area contributed by atoms with Crippen LogP contribution >= 0.6 is 0 Å². The molecule has 0 radical (unpaired) electrons. The minimum absolute atomic E-state index is 0.0319. The first kappa shape index (κ1) is 22.7. The lowest BCUT2D eigenvalue weighted by Crippen LogP contribution is -2.45. The Morgan fingerprint density at radius 1 is 0.955 bits per heavy atom. The molecule has 0 atom stereocenters. The van der Waals surface area contributed by atoms with E-state index < -0.39 is 0 Å². The summed E-state index contributed by atoms with van der Waals surface area (Å²) in [6.07, 6.45) is 6.15. The average Bonchev–Trinajstić information content (AvgIpc) is 2.33. The van der Waals surface area contributed by atoms with E-state index in [4.69, 9.17) is 0 Å². The van der Waals surface area contributed by atoms with Gasteiger partial charge in [0.1, 0.15) is 0 Å². The van der Waals surface area contributed by atoms with E-state index in [9.17, 15) is 14.4 Å². The number of carbonyl (C=O) groups excluding carboxylic acids is 3. The highest BCUT2D eigenvalue weighted by atomic mass is 16.2. The molecule has 0 saturated carbocycles. The van der Waals surface area contributed by atoms with Gasteiger partial charge in [0.2, 0.25) is 17.7 Å². The first-order chi connectivity index (χ1) is 10.1. The van der Waals surface area contributed by atoms with Gasteiger partial charge in [-0.3, -0.25) is 14.4 Å². The van der Waals surface area contributed by atoms with Gasteiger partial charge in [-0.25, -0.2) is 0 Å². The van der Waals surface area contributed by atoms with Crippen molar-refractivity contribution in [2.45, 2.75) is 78.7 Å². The zero-order valence-electron chi connectivity index (χ0n) is 14.8. The minimum Gasteiger partial charge on any atom is -0.370 e. The van der Waals surface area contributed by atoms with Crippen LogP contribution in [0.25, 0.3) is 0 Å². The Morgan fingerprint density at radius 2 is 1.45 bits per heavy atom.